The van der Waals surface area contributed by atoms with Gasteiger partial charge < -0.3 is 5.32 Å². The van der Waals surface area contributed by atoms with Crippen LogP contribution in [-0.2, 0) is 16.4 Å². The van der Waals surface area contributed by atoms with Crippen LogP contribution in [0.15, 0.2) is 29.2 Å². The third kappa shape index (κ3) is 3.40. The zero-order valence-corrected chi connectivity index (χ0v) is 13.1. The SMILES string of the molecule is CNCCCc1ccc(S(=O)(=O)N2CCCC2C)cc1. The monoisotopic (exact) mass is 296 g/mol. The van der Waals surface area contributed by atoms with E-state index in [0.717, 1.165) is 32.2 Å². The lowest BCUT2D eigenvalue weighted by atomic mass is 10.1. The fraction of sp³-hybridized carbons (Fsp3) is 0.600. The van der Waals surface area contributed by atoms with E-state index >= 15 is 0 Å². The molecule has 1 N–H and O–H groups in total. The molecule has 4 nitrogen and oxygen atoms in total. The maximum absolute atomic E-state index is 12.5. The van der Waals surface area contributed by atoms with Gasteiger partial charge in [-0.25, -0.2) is 8.42 Å². The predicted octanol–water partition coefficient (Wildman–Crippen LogP) is 2.01. The minimum atomic E-state index is -3.31. The van der Waals surface area contributed by atoms with Crippen molar-refractivity contribution in [2.45, 2.75) is 43.5 Å². The van der Waals surface area contributed by atoms with E-state index in [9.17, 15) is 8.42 Å². The molecule has 1 unspecified atom stereocenters. The van der Waals surface area contributed by atoms with Crippen LogP contribution in [0.4, 0.5) is 0 Å². The zero-order chi connectivity index (χ0) is 14.6. The van der Waals surface area contributed by atoms with Crippen molar-refractivity contribution in [2.75, 3.05) is 20.1 Å². The number of hydrogen-bond acceptors (Lipinski definition) is 3. The fourth-order valence-electron chi connectivity index (χ4n) is 2.70. The largest absolute Gasteiger partial charge is 0.320 e. The summed E-state index contributed by atoms with van der Waals surface area (Å²) in [4.78, 5) is 0.420. The molecule has 0 spiro atoms. The van der Waals surface area contributed by atoms with Crippen molar-refractivity contribution in [1.82, 2.24) is 9.62 Å². The van der Waals surface area contributed by atoms with Gasteiger partial charge in [-0.15, -0.1) is 0 Å². The smallest absolute Gasteiger partial charge is 0.243 e. The second-order valence-electron chi connectivity index (χ2n) is 5.46. The Hall–Kier alpha value is -0.910. The number of rotatable bonds is 6. The molecule has 1 aliphatic rings. The summed E-state index contributed by atoms with van der Waals surface area (Å²) in [7, 11) is -1.37. The van der Waals surface area contributed by atoms with Crippen molar-refractivity contribution < 1.29 is 8.42 Å². The van der Waals surface area contributed by atoms with E-state index in [4.69, 9.17) is 0 Å². The molecular formula is C15H24N2O2S. The predicted molar refractivity (Wildman–Crippen MR) is 81.3 cm³/mol. The average Bonchev–Trinajstić information content (AvgIpc) is 2.87. The summed E-state index contributed by atoms with van der Waals surface area (Å²) in [5, 5.41) is 3.11. The van der Waals surface area contributed by atoms with E-state index in [2.05, 4.69) is 5.32 Å². The summed E-state index contributed by atoms with van der Waals surface area (Å²) in [6, 6.07) is 7.48. The Morgan fingerprint density at radius 2 is 2.00 bits per heavy atom. The Morgan fingerprint density at radius 1 is 1.30 bits per heavy atom. The quantitative estimate of drug-likeness (QED) is 0.817. The van der Waals surface area contributed by atoms with Crippen LogP contribution in [0.5, 0.6) is 0 Å². The number of sulfonamides is 1. The summed E-state index contributed by atoms with van der Waals surface area (Å²) < 4.78 is 26.7. The number of hydrogen-bond donors (Lipinski definition) is 1. The minimum absolute atomic E-state index is 0.121. The lowest BCUT2D eigenvalue weighted by Gasteiger charge is -2.21. The topological polar surface area (TPSA) is 49.4 Å². The van der Waals surface area contributed by atoms with Gasteiger partial charge in [-0.2, -0.15) is 4.31 Å². The van der Waals surface area contributed by atoms with Gasteiger partial charge in [0.1, 0.15) is 0 Å². The van der Waals surface area contributed by atoms with E-state index in [-0.39, 0.29) is 6.04 Å². The molecule has 0 aromatic heterocycles. The lowest BCUT2D eigenvalue weighted by Crippen LogP contribution is -2.33. The highest BCUT2D eigenvalue weighted by Crippen LogP contribution is 2.25. The summed E-state index contributed by atoms with van der Waals surface area (Å²) in [5.41, 5.74) is 1.19. The van der Waals surface area contributed by atoms with Gasteiger partial charge in [0.15, 0.2) is 0 Å². The number of benzene rings is 1. The van der Waals surface area contributed by atoms with Crippen molar-refractivity contribution in [3.63, 3.8) is 0 Å². The second-order valence-corrected chi connectivity index (χ2v) is 7.35. The van der Waals surface area contributed by atoms with Crippen LogP contribution in [-0.4, -0.2) is 38.9 Å². The van der Waals surface area contributed by atoms with Crippen LogP contribution in [0.3, 0.4) is 0 Å². The molecule has 1 atom stereocenters. The summed E-state index contributed by atoms with van der Waals surface area (Å²) in [6.45, 7) is 3.61. The van der Waals surface area contributed by atoms with Crippen LogP contribution in [0.25, 0.3) is 0 Å². The first kappa shape index (κ1) is 15.5. The first-order valence-electron chi connectivity index (χ1n) is 7.31. The number of nitrogens with zero attached hydrogens (tertiary/aromatic N) is 1. The number of aryl methyl sites for hydroxylation is 1. The van der Waals surface area contributed by atoms with Crippen molar-refractivity contribution in [3.8, 4) is 0 Å². The van der Waals surface area contributed by atoms with E-state index in [0.29, 0.717) is 11.4 Å². The molecule has 5 heteroatoms. The van der Waals surface area contributed by atoms with Gasteiger partial charge in [-0.3, -0.25) is 0 Å². The highest BCUT2D eigenvalue weighted by molar-refractivity contribution is 7.89. The molecule has 0 aliphatic carbocycles. The molecule has 0 bridgehead atoms. The third-order valence-electron chi connectivity index (χ3n) is 3.91. The third-order valence-corrected chi connectivity index (χ3v) is 5.94. The van der Waals surface area contributed by atoms with E-state index in [1.807, 2.05) is 26.1 Å². The highest BCUT2D eigenvalue weighted by atomic mass is 32.2. The van der Waals surface area contributed by atoms with Crippen LogP contribution in [0.1, 0.15) is 31.7 Å². The van der Waals surface area contributed by atoms with E-state index in [1.54, 1.807) is 16.4 Å². The molecule has 1 aliphatic heterocycles. The standard InChI is InChI=1S/C15H24N2O2S/c1-13-5-4-12-17(13)20(18,19)15-9-7-14(8-10-15)6-3-11-16-2/h7-10,13,16H,3-6,11-12H2,1-2H3. The molecule has 1 heterocycles. The van der Waals surface area contributed by atoms with Crippen LogP contribution in [0.2, 0.25) is 0 Å². The summed E-state index contributed by atoms with van der Waals surface area (Å²) >= 11 is 0. The molecule has 1 aromatic carbocycles. The van der Waals surface area contributed by atoms with Gasteiger partial charge in [-0.1, -0.05) is 12.1 Å². The lowest BCUT2D eigenvalue weighted by molar-refractivity contribution is 0.408. The van der Waals surface area contributed by atoms with Gasteiger partial charge in [0.2, 0.25) is 10.0 Å². The summed E-state index contributed by atoms with van der Waals surface area (Å²) in [5.74, 6) is 0. The average molecular weight is 296 g/mol. The van der Waals surface area contributed by atoms with Crippen LogP contribution >= 0.6 is 0 Å². The van der Waals surface area contributed by atoms with Gasteiger partial charge in [0.05, 0.1) is 4.90 Å². The van der Waals surface area contributed by atoms with E-state index < -0.39 is 10.0 Å². The molecule has 20 heavy (non-hydrogen) atoms. The van der Waals surface area contributed by atoms with Crippen molar-refractivity contribution in [2.24, 2.45) is 0 Å². The first-order chi connectivity index (χ1) is 9.55. The van der Waals surface area contributed by atoms with Gasteiger partial charge >= 0.3 is 0 Å². The molecule has 1 aromatic rings. The van der Waals surface area contributed by atoms with Crippen LogP contribution < -0.4 is 5.32 Å². The van der Waals surface area contributed by atoms with E-state index in [1.165, 1.54) is 5.56 Å². The molecule has 1 saturated heterocycles. The molecular weight excluding hydrogens is 272 g/mol. The van der Waals surface area contributed by atoms with Gasteiger partial charge in [0.25, 0.3) is 0 Å². The Bertz CT molecular complexity index is 525. The molecule has 0 radical (unpaired) electrons. The van der Waals surface area contributed by atoms with Gasteiger partial charge in [-0.05, 0) is 63.9 Å². The molecule has 2 rings (SSSR count). The Labute approximate surface area is 122 Å². The molecule has 0 amide bonds. The molecule has 112 valence electrons. The Morgan fingerprint density at radius 3 is 2.55 bits per heavy atom. The Kier molecular flexibility index (Phi) is 5.18. The molecule has 0 saturated carbocycles. The number of nitrogens with one attached hydrogen (secondary N) is 1. The maximum Gasteiger partial charge on any atom is 0.243 e. The van der Waals surface area contributed by atoms with Gasteiger partial charge in [0, 0.05) is 12.6 Å². The minimum Gasteiger partial charge on any atom is -0.320 e. The van der Waals surface area contributed by atoms with Crippen molar-refractivity contribution >= 4 is 10.0 Å². The van der Waals surface area contributed by atoms with Crippen molar-refractivity contribution in [3.05, 3.63) is 29.8 Å². The summed E-state index contributed by atoms with van der Waals surface area (Å²) in [6.07, 6.45) is 3.96. The van der Waals surface area contributed by atoms with Crippen molar-refractivity contribution in [1.29, 1.82) is 0 Å². The first-order valence-corrected chi connectivity index (χ1v) is 8.75. The Balaban J connectivity index is 2.09. The molecule has 1 fully saturated rings. The highest BCUT2D eigenvalue weighted by Gasteiger charge is 2.32. The normalized spacial score (nSPS) is 20.4. The van der Waals surface area contributed by atoms with Crippen LogP contribution in [0, 0.1) is 0 Å². The zero-order valence-electron chi connectivity index (χ0n) is 12.3. The fourth-order valence-corrected chi connectivity index (χ4v) is 4.40. The second kappa shape index (κ2) is 6.70. The maximum atomic E-state index is 12.5.